The van der Waals surface area contributed by atoms with Gasteiger partial charge in [-0.05, 0) is 24.3 Å². The highest BCUT2D eigenvalue weighted by Gasteiger charge is 2.14. The van der Waals surface area contributed by atoms with Crippen LogP contribution in [0.3, 0.4) is 0 Å². The van der Waals surface area contributed by atoms with Gasteiger partial charge in [-0.25, -0.2) is 9.97 Å². The summed E-state index contributed by atoms with van der Waals surface area (Å²) in [5.74, 6) is 0. The van der Waals surface area contributed by atoms with Crippen molar-refractivity contribution in [2.24, 2.45) is 0 Å². The van der Waals surface area contributed by atoms with Gasteiger partial charge in [-0.3, -0.25) is 4.79 Å². The third-order valence-corrected chi connectivity index (χ3v) is 3.89. The summed E-state index contributed by atoms with van der Waals surface area (Å²) in [4.78, 5) is 21.6. The van der Waals surface area contributed by atoms with Crippen molar-refractivity contribution >= 4 is 43.9 Å². The molecule has 0 saturated carbocycles. The summed E-state index contributed by atoms with van der Waals surface area (Å²) in [5.41, 5.74) is 3.01. The fourth-order valence-electron chi connectivity index (χ4n) is 2.87. The van der Waals surface area contributed by atoms with E-state index >= 15 is 0 Å². The highest BCUT2D eigenvalue weighted by molar-refractivity contribution is 6.15. The lowest BCUT2D eigenvalue weighted by molar-refractivity contribution is 0.560. The number of hydrogen-bond acceptors (Lipinski definition) is 5. The predicted molar refractivity (Wildman–Crippen MR) is 82.9 cm³/mol. The maximum atomic E-state index is 12.7. The zero-order valence-electron chi connectivity index (χ0n) is 11.2. The predicted octanol–water partition coefficient (Wildman–Crippen LogP) is 3.64. The summed E-state index contributed by atoms with van der Waals surface area (Å²) in [6.45, 7) is 0. The Labute approximate surface area is 122 Å². The normalized spacial score (nSPS) is 11.8. The highest BCUT2D eigenvalue weighted by atomic mass is 16.4. The molecule has 0 atom stereocenters. The Morgan fingerprint density at radius 1 is 0.864 bits per heavy atom. The molecule has 3 aromatic heterocycles. The minimum absolute atomic E-state index is 0.0389. The van der Waals surface area contributed by atoms with Crippen LogP contribution in [-0.2, 0) is 0 Å². The average molecular weight is 288 g/mol. The first-order valence-corrected chi connectivity index (χ1v) is 6.79. The molecule has 0 fully saturated rings. The summed E-state index contributed by atoms with van der Waals surface area (Å²) < 4.78 is 10.8. The summed E-state index contributed by atoms with van der Waals surface area (Å²) in [6, 6.07) is 10.8. The van der Waals surface area contributed by atoms with Crippen LogP contribution in [0.2, 0.25) is 0 Å². The van der Waals surface area contributed by atoms with Gasteiger partial charge >= 0.3 is 0 Å². The lowest BCUT2D eigenvalue weighted by atomic mass is 10.1. The first kappa shape index (κ1) is 11.4. The molecule has 0 amide bonds. The molecule has 0 unspecified atom stereocenters. The minimum Gasteiger partial charge on any atom is -0.460 e. The smallest absolute Gasteiger partial charge is 0.197 e. The molecule has 3 heterocycles. The fourth-order valence-corrected chi connectivity index (χ4v) is 2.87. The van der Waals surface area contributed by atoms with Crippen molar-refractivity contribution in [1.29, 1.82) is 0 Å². The van der Waals surface area contributed by atoms with Gasteiger partial charge in [-0.15, -0.1) is 0 Å². The number of oxazole rings is 1. The fraction of sp³-hybridized carbons (Fsp3) is 0. The molecule has 0 N–H and O–H groups in total. The summed E-state index contributed by atoms with van der Waals surface area (Å²) in [7, 11) is 0. The molecule has 5 rings (SSSR count). The second kappa shape index (κ2) is 3.92. The molecule has 0 aliphatic carbocycles. The van der Waals surface area contributed by atoms with E-state index in [9.17, 15) is 4.79 Å². The molecule has 2 aromatic carbocycles. The average Bonchev–Trinajstić information content (AvgIpc) is 3.03. The molecule has 0 aliphatic rings. The van der Waals surface area contributed by atoms with E-state index < -0.39 is 0 Å². The third-order valence-electron chi connectivity index (χ3n) is 3.89. The van der Waals surface area contributed by atoms with Gasteiger partial charge in [0.15, 0.2) is 17.4 Å². The molecular weight excluding hydrogens is 280 g/mol. The van der Waals surface area contributed by atoms with Gasteiger partial charge in [-0.1, -0.05) is 12.1 Å². The highest BCUT2D eigenvalue weighted by Crippen LogP contribution is 2.30. The van der Waals surface area contributed by atoms with E-state index in [1.165, 1.54) is 12.7 Å². The molecule has 0 saturated heterocycles. The van der Waals surface area contributed by atoms with Crippen LogP contribution in [0.5, 0.6) is 0 Å². The molecule has 5 nitrogen and oxygen atoms in total. The van der Waals surface area contributed by atoms with Gasteiger partial charge in [0.25, 0.3) is 0 Å². The van der Waals surface area contributed by atoms with Crippen LogP contribution in [0.4, 0.5) is 0 Å². The lowest BCUT2D eigenvalue weighted by Gasteiger charge is -2.04. The largest absolute Gasteiger partial charge is 0.460 e. The molecule has 0 radical (unpaired) electrons. The van der Waals surface area contributed by atoms with Gasteiger partial charge in [0.05, 0.1) is 16.4 Å². The Balaban J connectivity index is 2.17. The van der Waals surface area contributed by atoms with E-state index in [-0.39, 0.29) is 5.43 Å². The van der Waals surface area contributed by atoms with Crippen LogP contribution in [0, 0.1) is 0 Å². The zero-order valence-corrected chi connectivity index (χ0v) is 11.2. The molecule has 5 heteroatoms. The number of rotatable bonds is 0. The molecule has 5 aromatic rings. The zero-order chi connectivity index (χ0) is 14.7. The van der Waals surface area contributed by atoms with E-state index in [0.717, 1.165) is 0 Å². The number of pyridine rings is 1. The quantitative estimate of drug-likeness (QED) is 0.321. The van der Waals surface area contributed by atoms with Gasteiger partial charge in [0, 0.05) is 10.8 Å². The summed E-state index contributed by atoms with van der Waals surface area (Å²) >= 11 is 0. The Hall–Kier alpha value is -3.21. The topological polar surface area (TPSA) is 69.1 Å². The standard InChI is InChI=1S/C17H8N2O3/c20-17-9-3-1-2-4-11(9)19-15-10(17)5-6-12-14(15)16-13(7-21-12)22-8-18-16/h1-8H. The number of nitrogens with zero attached hydrogens (tertiary/aromatic N) is 2. The van der Waals surface area contributed by atoms with Crippen molar-refractivity contribution in [3.05, 3.63) is 59.3 Å². The number of fused-ring (bicyclic) bond motifs is 6. The van der Waals surface area contributed by atoms with E-state index in [2.05, 4.69) is 9.97 Å². The monoisotopic (exact) mass is 288 g/mol. The van der Waals surface area contributed by atoms with Crippen LogP contribution in [0.1, 0.15) is 0 Å². The van der Waals surface area contributed by atoms with E-state index in [1.807, 2.05) is 18.2 Å². The van der Waals surface area contributed by atoms with Crippen LogP contribution in [0.15, 0.2) is 62.7 Å². The van der Waals surface area contributed by atoms with E-state index in [4.69, 9.17) is 8.83 Å². The van der Waals surface area contributed by atoms with Gasteiger partial charge < -0.3 is 8.83 Å². The molecule has 104 valence electrons. The number of hydrogen-bond donors (Lipinski definition) is 0. The number of aromatic nitrogens is 2. The molecule has 0 aliphatic heterocycles. The van der Waals surface area contributed by atoms with E-state index in [0.29, 0.717) is 43.9 Å². The maximum Gasteiger partial charge on any atom is 0.197 e. The second-order valence-electron chi connectivity index (χ2n) is 5.09. The van der Waals surface area contributed by atoms with Gasteiger partial charge in [0.1, 0.15) is 17.4 Å². The maximum absolute atomic E-state index is 12.7. The van der Waals surface area contributed by atoms with Gasteiger partial charge in [0.2, 0.25) is 0 Å². The van der Waals surface area contributed by atoms with Crippen molar-refractivity contribution in [3.63, 3.8) is 0 Å². The number of para-hydroxylation sites is 1. The first-order valence-electron chi connectivity index (χ1n) is 6.79. The second-order valence-corrected chi connectivity index (χ2v) is 5.09. The minimum atomic E-state index is -0.0389. The molecule has 0 bridgehead atoms. The van der Waals surface area contributed by atoms with Crippen LogP contribution in [0.25, 0.3) is 43.9 Å². The van der Waals surface area contributed by atoms with Crippen molar-refractivity contribution in [1.82, 2.24) is 9.97 Å². The molecule has 22 heavy (non-hydrogen) atoms. The Morgan fingerprint density at radius 2 is 1.77 bits per heavy atom. The first-order chi connectivity index (χ1) is 10.8. The van der Waals surface area contributed by atoms with Gasteiger partial charge in [-0.2, -0.15) is 0 Å². The summed E-state index contributed by atoms with van der Waals surface area (Å²) in [5, 5.41) is 1.86. The summed E-state index contributed by atoms with van der Waals surface area (Å²) in [6.07, 6.45) is 2.87. The molecular formula is C17H8N2O3. The Bertz CT molecular complexity index is 1250. The van der Waals surface area contributed by atoms with Crippen molar-refractivity contribution in [2.45, 2.75) is 0 Å². The third kappa shape index (κ3) is 1.34. The van der Waals surface area contributed by atoms with Crippen molar-refractivity contribution < 1.29 is 8.83 Å². The van der Waals surface area contributed by atoms with E-state index in [1.54, 1.807) is 18.2 Å². The lowest BCUT2D eigenvalue weighted by Crippen LogP contribution is -2.04. The SMILES string of the molecule is O=c1c2ccccc2nc2c1ccc1occ3ocnc3c12. The van der Waals surface area contributed by atoms with Crippen LogP contribution in [-0.4, -0.2) is 9.97 Å². The van der Waals surface area contributed by atoms with Crippen molar-refractivity contribution in [2.75, 3.05) is 0 Å². The Morgan fingerprint density at radius 3 is 2.73 bits per heavy atom. The van der Waals surface area contributed by atoms with Crippen LogP contribution >= 0.6 is 0 Å². The molecule has 0 spiro atoms. The van der Waals surface area contributed by atoms with Crippen LogP contribution < -0.4 is 5.43 Å². The Kier molecular flexibility index (Phi) is 2.04. The number of benzene rings is 2. The van der Waals surface area contributed by atoms with Crippen molar-refractivity contribution in [3.8, 4) is 0 Å².